The van der Waals surface area contributed by atoms with E-state index in [0.717, 1.165) is 11.0 Å². The van der Waals surface area contributed by atoms with Gasteiger partial charge in [0, 0.05) is 11.1 Å². The molecule has 0 N–H and O–H groups in total. The van der Waals surface area contributed by atoms with Crippen LogP contribution < -0.4 is 0 Å². The number of aromatic nitrogens is 2. The van der Waals surface area contributed by atoms with Crippen molar-refractivity contribution in [2.75, 3.05) is 0 Å². The van der Waals surface area contributed by atoms with E-state index in [1.807, 2.05) is 24.3 Å². The maximum absolute atomic E-state index is 8.15. The lowest BCUT2D eigenvalue weighted by Gasteiger charge is -1.97. The first-order valence-electron chi connectivity index (χ1n) is 4.11. The fourth-order valence-corrected chi connectivity index (χ4v) is 1.18. The van der Waals surface area contributed by atoms with Gasteiger partial charge in [-0.25, -0.2) is 4.98 Å². The Hall–Kier alpha value is -2.13. The Kier molecular flexibility index (Phi) is 2.25. The molecule has 5 nitrogen and oxygen atoms in total. The Balaban J connectivity index is 2.45. The minimum absolute atomic E-state index is 0.244. The summed E-state index contributed by atoms with van der Waals surface area (Å²) in [5, 5.41) is 3.43. The molecule has 1 heterocycles. The average Bonchev–Trinajstić information content (AvgIpc) is 2.26. The van der Waals surface area contributed by atoms with Gasteiger partial charge in [-0.1, -0.05) is 17.2 Å². The highest BCUT2D eigenvalue weighted by Crippen LogP contribution is 2.08. The number of benzene rings is 1. The predicted octanol–water partition coefficient (Wildman–Crippen LogP) is 2.44. The van der Waals surface area contributed by atoms with E-state index < -0.39 is 0 Å². The van der Waals surface area contributed by atoms with Crippen molar-refractivity contribution in [3.63, 3.8) is 0 Å². The van der Waals surface area contributed by atoms with Crippen molar-refractivity contribution in [3.05, 3.63) is 46.6 Å². The van der Waals surface area contributed by atoms with E-state index in [0.29, 0.717) is 5.69 Å². The van der Waals surface area contributed by atoms with Gasteiger partial charge in [-0.15, -0.1) is 0 Å². The summed E-state index contributed by atoms with van der Waals surface area (Å²) >= 11 is 0. The van der Waals surface area contributed by atoms with Gasteiger partial charge in [-0.3, -0.25) is 4.98 Å². The molecule has 1 aromatic heterocycles. The fraction of sp³-hybridized carbons (Fsp3) is 0.111. The molecular formula is C9H7N5. The van der Waals surface area contributed by atoms with Crippen molar-refractivity contribution >= 4 is 11.0 Å². The van der Waals surface area contributed by atoms with Crippen LogP contribution >= 0.6 is 0 Å². The number of para-hydroxylation sites is 2. The van der Waals surface area contributed by atoms with E-state index >= 15 is 0 Å². The number of azide groups is 1. The molecular weight excluding hydrogens is 178 g/mol. The number of rotatable bonds is 2. The minimum Gasteiger partial charge on any atom is -0.253 e. The van der Waals surface area contributed by atoms with Crippen LogP contribution in [0.3, 0.4) is 0 Å². The molecule has 0 aliphatic carbocycles. The second-order valence-electron chi connectivity index (χ2n) is 2.74. The monoisotopic (exact) mass is 185 g/mol. The van der Waals surface area contributed by atoms with Crippen molar-refractivity contribution < 1.29 is 0 Å². The second-order valence-corrected chi connectivity index (χ2v) is 2.74. The summed E-state index contributed by atoms with van der Waals surface area (Å²) < 4.78 is 0. The van der Waals surface area contributed by atoms with Crippen LogP contribution in [0.2, 0.25) is 0 Å². The SMILES string of the molecule is [N-]=[N+]=NCc1cnc2ccccc2n1. The van der Waals surface area contributed by atoms with Gasteiger partial charge < -0.3 is 0 Å². The molecule has 0 aliphatic heterocycles. The van der Waals surface area contributed by atoms with Gasteiger partial charge in [-0.05, 0) is 17.7 Å². The van der Waals surface area contributed by atoms with Gasteiger partial charge in [0.05, 0.1) is 23.3 Å². The second kappa shape index (κ2) is 3.72. The first-order chi connectivity index (χ1) is 6.90. The highest BCUT2D eigenvalue weighted by atomic mass is 15.1. The zero-order valence-electron chi connectivity index (χ0n) is 7.33. The van der Waals surface area contributed by atoms with E-state index in [2.05, 4.69) is 20.0 Å². The van der Waals surface area contributed by atoms with Gasteiger partial charge in [0.15, 0.2) is 0 Å². The molecule has 14 heavy (non-hydrogen) atoms. The molecule has 0 saturated heterocycles. The largest absolute Gasteiger partial charge is 0.253 e. The molecule has 0 spiro atoms. The zero-order valence-corrected chi connectivity index (χ0v) is 7.33. The molecule has 0 saturated carbocycles. The van der Waals surface area contributed by atoms with Crippen molar-refractivity contribution in [1.82, 2.24) is 9.97 Å². The Morgan fingerprint density at radius 3 is 2.86 bits per heavy atom. The topological polar surface area (TPSA) is 74.5 Å². The first-order valence-corrected chi connectivity index (χ1v) is 4.11. The molecule has 68 valence electrons. The zero-order chi connectivity index (χ0) is 9.80. The van der Waals surface area contributed by atoms with Crippen molar-refractivity contribution in [2.24, 2.45) is 5.11 Å². The predicted molar refractivity (Wildman–Crippen MR) is 52.4 cm³/mol. The van der Waals surface area contributed by atoms with Gasteiger partial charge >= 0.3 is 0 Å². The molecule has 0 radical (unpaired) electrons. The van der Waals surface area contributed by atoms with Crippen LogP contribution in [0.4, 0.5) is 0 Å². The van der Waals surface area contributed by atoms with Gasteiger partial charge in [-0.2, -0.15) is 0 Å². The number of hydrogen-bond donors (Lipinski definition) is 0. The lowest BCUT2D eigenvalue weighted by atomic mass is 10.3. The standard InChI is InChI=1S/C9H7N5/c10-14-12-6-7-5-11-8-3-1-2-4-9(8)13-7/h1-5H,6H2. The van der Waals surface area contributed by atoms with Crippen molar-refractivity contribution in [3.8, 4) is 0 Å². The van der Waals surface area contributed by atoms with Crippen LogP contribution in [0.1, 0.15) is 5.69 Å². The van der Waals surface area contributed by atoms with Gasteiger partial charge in [0.25, 0.3) is 0 Å². The average molecular weight is 185 g/mol. The summed E-state index contributed by atoms with van der Waals surface area (Å²) in [6.07, 6.45) is 1.62. The van der Waals surface area contributed by atoms with E-state index in [4.69, 9.17) is 5.53 Å². The summed E-state index contributed by atoms with van der Waals surface area (Å²) in [4.78, 5) is 11.1. The Morgan fingerprint density at radius 1 is 1.29 bits per heavy atom. The molecule has 2 aromatic rings. The minimum atomic E-state index is 0.244. The Morgan fingerprint density at radius 2 is 2.07 bits per heavy atom. The first kappa shape index (κ1) is 8.47. The molecule has 0 amide bonds. The third kappa shape index (κ3) is 1.62. The lowest BCUT2D eigenvalue weighted by molar-refractivity contribution is 0.973. The van der Waals surface area contributed by atoms with Gasteiger partial charge in [0.2, 0.25) is 0 Å². The Labute approximate surface area is 80.1 Å². The number of nitrogens with zero attached hydrogens (tertiary/aromatic N) is 5. The quantitative estimate of drug-likeness (QED) is 0.409. The highest BCUT2D eigenvalue weighted by Gasteiger charge is 1.96. The fourth-order valence-electron chi connectivity index (χ4n) is 1.18. The third-order valence-corrected chi connectivity index (χ3v) is 1.79. The third-order valence-electron chi connectivity index (χ3n) is 1.79. The van der Waals surface area contributed by atoms with Crippen LogP contribution in [-0.2, 0) is 6.54 Å². The van der Waals surface area contributed by atoms with Crippen LogP contribution in [0.5, 0.6) is 0 Å². The molecule has 5 heteroatoms. The van der Waals surface area contributed by atoms with Crippen LogP contribution in [0.25, 0.3) is 21.5 Å². The van der Waals surface area contributed by atoms with Crippen LogP contribution in [0.15, 0.2) is 35.6 Å². The molecule has 2 rings (SSSR count). The van der Waals surface area contributed by atoms with E-state index in [-0.39, 0.29) is 6.54 Å². The molecule has 0 fully saturated rings. The number of fused-ring (bicyclic) bond motifs is 1. The number of hydrogen-bond acceptors (Lipinski definition) is 3. The molecule has 0 bridgehead atoms. The van der Waals surface area contributed by atoms with Crippen LogP contribution in [0, 0.1) is 0 Å². The van der Waals surface area contributed by atoms with Crippen molar-refractivity contribution in [2.45, 2.75) is 6.54 Å². The molecule has 1 aromatic carbocycles. The van der Waals surface area contributed by atoms with Gasteiger partial charge in [0.1, 0.15) is 0 Å². The highest BCUT2D eigenvalue weighted by molar-refractivity contribution is 5.73. The summed E-state index contributed by atoms with van der Waals surface area (Å²) in [6, 6.07) is 7.57. The lowest BCUT2D eigenvalue weighted by Crippen LogP contribution is -1.90. The smallest absolute Gasteiger partial charge is 0.0890 e. The van der Waals surface area contributed by atoms with E-state index in [1.54, 1.807) is 6.20 Å². The molecule has 0 atom stereocenters. The molecule has 0 unspecified atom stereocenters. The van der Waals surface area contributed by atoms with E-state index in [9.17, 15) is 0 Å². The van der Waals surface area contributed by atoms with E-state index in [1.165, 1.54) is 0 Å². The summed E-state index contributed by atoms with van der Waals surface area (Å²) in [5.74, 6) is 0. The Bertz CT molecular complexity index is 501. The summed E-state index contributed by atoms with van der Waals surface area (Å²) in [6.45, 7) is 0.244. The van der Waals surface area contributed by atoms with Crippen LogP contribution in [-0.4, -0.2) is 9.97 Å². The summed E-state index contributed by atoms with van der Waals surface area (Å²) in [5.41, 5.74) is 10.5. The maximum Gasteiger partial charge on any atom is 0.0890 e. The maximum atomic E-state index is 8.15. The molecule has 0 aliphatic rings. The van der Waals surface area contributed by atoms with Crippen molar-refractivity contribution in [1.29, 1.82) is 0 Å². The summed E-state index contributed by atoms with van der Waals surface area (Å²) in [7, 11) is 0. The normalized spacial score (nSPS) is 9.71.